The smallest absolute Gasteiger partial charge is 0.416 e. The lowest BCUT2D eigenvalue weighted by molar-refractivity contribution is -0.137. The first-order valence-electron chi connectivity index (χ1n) is 4.99. The van der Waals surface area contributed by atoms with Crippen LogP contribution in [0.25, 0.3) is 0 Å². The molecule has 0 bridgehead atoms. The highest BCUT2D eigenvalue weighted by Gasteiger charge is 2.30. The van der Waals surface area contributed by atoms with Crippen LogP contribution in [0.3, 0.4) is 0 Å². The van der Waals surface area contributed by atoms with Crippen LogP contribution in [0.5, 0.6) is 5.75 Å². The van der Waals surface area contributed by atoms with Gasteiger partial charge in [-0.3, -0.25) is 0 Å². The van der Waals surface area contributed by atoms with E-state index in [1.54, 1.807) is 7.05 Å². The number of hydrogen-bond donors (Lipinski definition) is 2. The van der Waals surface area contributed by atoms with Gasteiger partial charge in [-0.2, -0.15) is 13.2 Å². The van der Waals surface area contributed by atoms with Crippen molar-refractivity contribution in [3.8, 4) is 17.6 Å². The molecule has 0 amide bonds. The molecule has 0 saturated carbocycles. The molecular weight excluding hydrogens is 231 g/mol. The fourth-order valence-electron chi connectivity index (χ4n) is 1.16. The van der Waals surface area contributed by atoms with Crippen molar-refractivity contribution in [3.05, 3.63) is 29.3 Å². The Kier molecular flexibility index (Phi) is 4.41. The topological polar surface area (TPSA) is 32.3 Å². The van der Waals surface area contributed by atoms with E-state index in [4.69, 9.17) is 0 Å². The van der Waals surface area contributed by atoms with Crippen molar-refractivity contribution in [2.45, 2.75) is 12.6 Å². The van der Waals surface area contributed by atoms with E-state index in [-0.39, 0.29) is 5.56 Å². The molecule has 0 aromatic heterocycles. The molecular formula is C12H12F3NO. The van der Waals surface area contributed by atoms with Crippen LogP contribution >= 0.6 is 0 Å². The maximum Gasteiger partial charge on any atom is 0.416 e. The van der Waals surface area contributed by atoms with Crippen LogP contribution < -0.4 is 5.32 Å². The van der Waals surface area contributed by atoms with E-state index in [2.05, 4.69) is 17.2 Å². The van der Waals surface area contributed by atoms with Gasteiger partial charge in [-0.25, -0.2) is 0 Å². The van der Waals surface area contributed by atoms with Crippen molar-refractivity contribution in [3.63, 3.8) is 0 Å². The lowest BCUT2D eigenvalue weighted by Gasteiger charge is -2.07. The van der Waals surface area contributed by atoms with E-state index >= 15 is 0 Å². The van der Waals surface area contributed by atoms with Crippen LogP contribution in [0, 0.1) is 11.8 Å². The highest BCUT2D eigenvalue weighted by Crippen LogP contribution is 2.32. The van der Waals surface area contributed by atoms with E-state index in [1.165, 1.54) is 6.07 Å². The number of benzene rings is 1. The Bertz CT molecular complexity index is 443. The monoisotopic (exact) mass is 243 g/mol. The van der Waals surface area contributed by atoms with Crippen LogP contribution in [0.15, 0.2) is 18.2 Å². The fourth-order valence-corrected chi connectivity index (χ4v) is 1.16. The average molecular weight is 243 g/mol. The number of halogens is 3. The molecule has 0 aliphatic rings. The number of rotatable bonds is 2. The van der Waals surface area contributed by atoms with Crippen molar-refractivity contribution in [1.29, 1.82) is 0 Å². The molecule has 1 aromatic carbocycles. The van der Waals surface area contributed by atoms with Crippen molar-refractivity contribution in [2.75, 3.05) is 13.6 Å². The van der Waals surface area contributed by atoms with Gasteiger partial charge in [0.1, 0.15) is 5.75 Å². The maximum absolute atomic E-state index is 12.3. The summed E-state index contributed by atoms with van der Waals surface area (Å²) in [7, 11) is 1.78. The fraction of sp³-hybridized carbons (Fsp3) is 0.333. The summed E-state index contributed by atoms with van der Waals surface area (Å²) in [5.41, 5.74) is -0.676. The predicted octanol–water partition coefficient (Wildman–Crippen LogP) is 2.37. The van der Waals surface area contributed by atoms with Crippen LogP contribution in [-0.2, 0) is 6.18 Å². The van der Waals surface area contributed by atoms with Gasteiger partial charge < -0.3 is 10.4 Å². The molecule has 1 rings (SSSR count). The molecule has 5 heteroatoms. The van der Waals surface area contributed by atoms with Crippen LogP contribution in [0.1, 0.15) is 17.5 Å². The molecule has 2 N–H and O–H groups in total. The predicted molar refractivity (Wildman–Crippen MR) is 58.5 cm³/mol. The van der Waals surface area contributed by atoms with E-state index < -0.39 is 17.5 Å². The summed E-state index contributed by atoms with van der Waals surface area (Å²) in [6, 6.07) is 2.76. The summed E-state index contributed by atoms with van der Waals surface area (Å²) < 4.78 is 36.9. The van der Waals surface area contributed by atoms with Crippen molar-refractivity contribution < 1.29 is 18.3 Å². The molecule has 1 aromatic rings. The molecule has 0 spiro atoms. The Morgan fingerprint density at radius 1 is 1.35 bits per heavy atom. The minimum absolute atomic E-state index is 0.203. The maximum atomic E-state index is 12.3. The molecule has 0 fully saturated rings. The largest absolute Gasteiger partial charge is 0.507 e. The minimum Gasteiger partial charge on any atom is -0.507 e. The number of phenolic OH excluding ortho intramolecular Hbond substituents is 1. The van der Waals surface area contributed by atoms with E-state index in [0.717, 1.165) is 6.07 Å². The van der Waals surface area contributed by atoms with Crippen molar-refractivity contribution >= 4 is 0 Å². The van der Waals surface area contributed by atoms with E-state index in [0.29, 0.717) is 19.0 Å². The standard InChI is InChI=1S/C12H12F3NO/c1-16-7-3-2-4-9-5-6-10(8-11(9)17)12(13,14)15/h5-6,8,16-17H,3,7H2,1H3. The zero-order chi connectivity index (χ0) is 12.9. The van der Waals surface area contributed by atoms with Crippen molar-refractivity contribution in [1.82, 2.24) is 5.32 Å². The number of hydrogen-bond acceptors (Lipinski definition) is 2. The van der Waals surface area contributed by atoms with E-state index in [1.807, 2.05) is 0 Å². The molecule has 0 atom stereocenters. The van der Waals surface area contributed by atoms with Gasteiger partial charge in [0.2, 0.25) is 0 Å². The Balaban J connectivity index is 2.86. The lowest BCUT2D eigenvalue weighted by Crippen LogP contribution is -2.06. The van der Waals surface area contributed by atoms with Crippen LogP contribution in [0.4, 0.5) is 13.2 Å². The summed E-state index contributed by atoms with van der Waals surface area (Å²) in [6.07, 6.45) is -3.88. The first kappa shape index (κ1) is 13.4. The Morgan fingerprint density at radius 2 is 2.06 bits per heavy atom. The summed E-state index contributed by atoms with van der Waals surface area (Å²) in [5, 5.41) is 12.3. The second-order valence-corrected chi connectivity index (χ2v) is 3.39. The molecule has 0 saturated heterocycles. The number of aromatic hydroxyl groups is 1. The van der Waals surface area contributed by atoms with Gasteiger partial charge in [0, 0.05) is 13.0 Å². The summed E-state index contributed by atoms with van der Waals surface area (Å²) in [4.78, 5) is 0. The lowest BCUT2D eigenvalue weighted by atomic mass is 10.1. The highest BCUT2D eigenvalue weighted by molar-refractivity contribution is 5.47. The van der Waals surface area contributed by atoms with Gasteiger partial charge in [0.05, 0.1) is 11.1 Å². The Labute approximate surface area is 97.5 Å². The molecule has 0 unspecified atom stereocenters. The third kappa shape index (κ3) is 4.00. The normalized spacial score (nSPS) is 10.8. The van der Waals surface area contributed by atoms with Gasteiger partial charge in [-0.1, -0.05) is 11.8 Å². The molecule has 0 aliphatic heterocycles. The second-order valence-electron chi connectivity index (χ2n) is 3.39. The van der Waals surface area contributed by atoms with Gasteiger partial charge in [0.15, 0.2) is 0 Å². The van der Waals surface area contributed by atoms with Gasteiger partial charge in [-0.05, 0) is 25.2 Å². The molecule has 92 valence electrons. The third-order valence-corrected chi connectivity index (χ3v) is 2.05. The van der Waals surface area contributed by atoms with Gasteiger partial charge in [-0.15, -0.1) is 0 Å². The molecule has 0 radical (unpaired) electrons. The number of alkyl halides is 3. The molecule has 17 heavy (non-hydrogen) atoms. The number of nitrogens with one attached hydrogen (secondary N) is 1. The van der Waals surface area contributed by atoms with Crippen LogP contribution in [0.2, 0.25) is 0 Å². The number of phenols is 1. The Morgan fingerprint density at radius 3 is 2.59 bits per heavy atom. The first-order valence-corrected chi connectivity index (χ1v) is 4.99. The summed E-state index contributed by atoms with van der Waals surface area (Å²) >= 11 is 0. The van der Waals surface area contributed by atoms with Crippen LogP contribution in [-0.4, -0.2) is 18.7 Å². The second kappa shape index (κ2) is 5.60. The van der Waals surface area contributed by atoms with Gasteiger partial charge in [0.25, 0.3) is 0 Å². The average Bonchev–Trinajstić information content (AvgIpc) is 2.24. The summed E-state index contributed by atoms with van der Waals surface area (Å²) in [5.74, 6) is 4.92. The van der Waals surface area contributed by atoms with E-state index in [9.17, 15) is 18.3 Å². The van der Waals surface area contributed by atoms with Crippen molar-refractivity contribution in [2.24, 2.45) is 0 Å². The highest BCUT2D eigenvalue weighted by atomic mass is 19.4. The molecule has 2 nitrogen and oxygen atoms in total. The van der Waals surface area contributed by atoms with Gasteiger partial charge >= 0.3 is 6.18 Å². The quantitative estimate of drug-likeness (QED) is 0.617. The zero-order valence-electron chi connectivity index (χ0n) is 9.23. The minimum atomic E-state index is -4.45. The zero-order valence-corrected chi connectivity index (χ0v) is 9.23. The summed E-state index contributed by atoms with van der Waals surface area (Å²) in [6.45, 7) is 0.689. The Hall–Kier alpha value is -1.67. The third-order valence-electron chi connectivity index (χ3n) is 2.05. The SMILES string of the molecule is CNCCC#Cc1ccc(C(F)(F)F)cc1O. The first-order chi connectivity index (χ1) is 7.95. The molecule has 0 heterocycles. The molecule has 0 aliphatic carbocycles.